The van der Waals surface area contributed by atoms with E-state index < -0.39 is 17.8 Å². The van der Waals surface area contributed by atoms with Crippen molar-refractivity contribution in [3.05, 3.63) is 29.8 Å². The van der Waals surface area contributed by atoms with Crippen molar-refractivity contribution in [3.8, 4) is 0 Å². The van der Waals surface area contributed by atoms with Gasteiger partial charge in [0.1, 0.15) is 11.6 Å². The highest BCUT2D eigenvalue weighted by atomic mass is 19.4. The van der Waals surface area contributed by atoms with Crippen LogP contribution < -0.4 is 4.90 Å². The number of morpholine rings is 1. The zero-order valence-corrected chi connectivity index (χ0v) is 10.8. The second-order valence-corrected chi connectivity index (χ2v) is 4.63. The van der Waals surface area contributed by atoms with Gasteiger partial charge < -0.3 is 9.64 Å². The number of anilines is 1. The van der Waals surface area contributed by atoms with Crippen molar-refractivity contribution in [2.75, 3.05) is 31.2 Å². The van der Waals surface area contributed by atoms with Crippen LogP contribution in [0.5, 0.6) is 0 Å². The summed E-state index contributed by atoms with van der Waals surface area (Å²) in [5.41, 5.74) is 0.0696. The summed E-state index contributed by atoms with van der Waals surface area (Å²) in [5, 5.41) is 0.268. The Hall–Kier alpha value is -1.96. The summed E-state index contributed by atoms with van der Waals surface area (Å²) in [4.78, 5) is 8.74. The number of nitrogens with zero attached hydrogens (tertiary/aromatic N) is 3. The molecular weight excluding hydrogens is 290 g/mol. The predicted octanol–water partition coefficient (Wildman–Crippen LogP) is 2.62. The Kier molecular flexibility index (Phi) is 3.40. The van der Waals surface area contributed by atoms with Crippen LogP contribution in [0.2, 0.25) is 0 Å². The fourth-order valence-electron chi connectivity index (χ4n) is 2.23. The van der Waals surface area contributed by atoms with E-state index in [1.165, 1.54) is 6.07 Å². The second-order valence-electron chi connectivity index (χ2n) is 4.63. The largest absolute Gasteiger partial charge is 0.451 e. The first-order chi connectivity index (χ1) is 9.95. The Morgan fingerprint density at radius 3 is 2.48 bits per heavy atom. The number of halogens is 4. The fourth-order valence-corrected chi connectivity index (χ4v) is 2.23. The molecule has 2 heterocycles. The third kappa shape index (κ3) is 2.76. The van der Waals surface area contributed by atoms with Crippen molar-refractivity contribution >= 4 is 16.7 Å². The second kappa shape index (κ2) is 5.10. The van der Waals surface area contributed by atoms with Crippen LogP contribution in [0.1, 0.15) is 5.82 Å². The summed E-state index contributed by atoms with van der Waals surface area (Å²) in [6.45, 7) is 1.59. The van der Waals surface area contributed by atoms with Gasteiger partial charge in [0.15, 0.2) is 0 Å². The molecule has 1 aliphatic rings. The van der Waals surface area contributed by atoms with Crippen LogP contribution in [0.4, 0.5) is 23.4 Å². The standard InChI is InChI=1S/C13H11F4N3O/c14-8-1-2-10-9(7-8)11(20-3-5-21-6-4-20)19-12(18-10)13(15,16)17/h1-2,7H,3-6H2. The molecule has 1 saturated heterocycles. The van der Waals surface area contributed by atoms with Gasteiger partial charge in [-0.1, -0.05) is 0 Å². The lowest BCUT2D eigenvalue weighted by atomic mass is 10.2. The highest BCUT2D eigenvalue weighted by Gasteiger charge is 2.36. The Bertz CT molecular complexity index is 668. The van der Waals surface area contributed by atoms with Crippen LogP contribution in [0, 0.1) is 5.82 Å². The molecule has 2 aromatic rings. The zero-order valence-electron chi connectivity index (χ0n) is 10.8. The molecular formula is C13H11F4N3O. The Labute approximate surface area is 117 Å². The van der Waals surface area contributed by atoms with Gasteiger partial charge in [-0.2, -0.15) is 13.2 Å². The zero-order chi connectivity index (χ0) is 15.0. The molecule has 0 bridgehead atoms. The number of fused-ring (bicyclic) bond motifs is 1. The number of aromatic nitrogens is 2. The molecule has 1 aliphatic heterocycles. The number of ether oxygens (including phenoxy) is 1. The summed E-state index contributed by atoms with van der Waals surface area (Å²) in [6, 6.07) is 3.46. The van der Waals surface area contributed by atoms with Gasteiger partial charge in [0.2, 0.25) is 5.82 Å². The van der Waals surface area contributed by atoms with E-state index >= 15 is 0 Å². The third-order valence-electron chi connectivity index (χ3n) is 3.20. The quantitative estimate of drug-likeness (QED) is 0.759. The van der Waals surface area contributed by atoms with Gasteiger partial charge in [-0.05, 0) is 18.2 Å². The smallest absolute Gasteiger partial charge is 0.378 e. The van der Waals surface area contributed by atoms with E-state index in [4.69, 9.17) is 4.74 Å². The first-order valence-electron chi connectivity index (χ1n) is 6.32. The maximum absolute atomic E-state index is 13.4. The molecule has 0 radical (unpaired) electrons. The number of rotatable bonds is 1. The van der Waals surface area contributed by atoms with Gasteiger partial charge in [0.05, 0.1) is 18.7 Å². The SMILES string of the molecule is Fc1ccc2nc(C(F)(F)F)nc(N3CCOCC3)c2c1. The normalized spacial score (nSPS) is 16.5. The third-order valence-corrected chi connectivity index (χ3v) is 3.20. The molecule has 0 atom stereocenters. The lowest BCUT2D eigenvalue weighted by Crippen LogP contribution is -2.37. The van der Waals surface area contributed by atoms with E-state index in [0.29, 0.717) is 26.3 Å². The molecule has 1 aromatic carbocycles. The van der Waals surface area contributed by atoms with Crippen LogP contribution >= 0.6 is 0 Å². The van der Waals surface area contributed by atoms with Gasteiger partial charge in [-0.15, -0.1) is 0 Å². The molecule has 0 N–H and O–H groups in total. The summed E-state index contributed by atoms with van der Waals surface area (Å²) in [7, 11) is 0. The number of benzene rings is 1. The van der Waals surface area contributed by atoms with Gasteiger partial charge >= 0.3 is 6.18 Å². The molecule has 0 unspecified atom stereocenters. The Morgan fingerprint density at radius 2 is 1.81 bits per heavy atom. The summed E-state index contributed by atoms with van der Waals surface area (Å²) < 4.78 is 57.3. The maximum Gasteiger partial charge on any atom is 0.451 e. The molecule has 3 rings (SSSR count). The van der Waals surface area contributed by atoms with E-state index in [0.717, 1.165) is 12.1 Å². The van der Waals surface area contributed by atoms with Crippen molar-refractivity contribution < 1.29 is 22.3 Å². The van der Waals surface area contributed by atoms with Gasteiger partial charge in [0, 0.05) is 18.5 Å². The number of hydrogen-bond donors (Lipinski definition) is 0. The van der Waals surface area contributed by atoms with E-state index in [1.54, 1.807) is 4.90 Å². The molecule has 1 aromatic heterocycles. The lowest BCUT2D eigenvalue weighted by molar-refractivity contribution is -0.144. The Morgan fingerprint density at radius 1 is 1.10 bits per heavy atom. The molecule has 0 aliphatic carbocycles. The minimum atomic E-state index is -4.65. The number of alkyl halides is 3. The molecule has 1 fully saturated rings. The minimum absolute atomic E-state index is 0.0696. The van der Waals surface area contributed by atoms with Crippen LogP contribution in [0.15, 0.2) is 18.2 Å². The average molecular weight is 301 g/mol. The minimum Gasteiger partial charge on any atom is -0.378 e. The molecule has 0 amide bonds. The van der Waals surface area contributed by atoms with Crippen molar-refractivity contribution in [1.29, 1.82) is 0 Å². The van der Waals surface area contributed by atoms with Gasteiger partial charge in [-0.3, -0.25) is 0 Å². The summed E-state index contributed by atoms with van der Waals surface area (Å²) in [6.07, 6.45) is -4.65. The molecule has 112 valence electrons. The first kappa shape index (κ1) is 14.0. The summed E-state index contributed by atoms with van der Waals surface area (Å²) in [5.74, 6) is -1.67. The van der Waals surface area contributed by atoms with Crippen LogP contribution in [-0.2, 0) is 10.9 Å². The van der Waals surface area contributed by atoms with Crippen molar-refractivity contribution in [2.45, 2.75) is 6.18 Å². The highest BCUT2D eigenvalue weighted by molar-refractivity contribution is 5.89. The highest BCUT2D eigenvalue weighted by Crippen LogP contribution is 2.32. The van der Waals surface area contributed by atoms with Crippen LogP contribution in [-0.4, -0.2) is 36.3 Å². The summed E-state index contributed by atoms with van der Waals surface area (Å²) >= 11 is 0. The maximum atomic E-state index is 13.4. The van der Waals surface area contributed by atoms with Gasteiger partial charge in [0.25, 0.3) is 0 Å². The molecule has 21 heavy (non-hydrogen) atoms. The topological polar surface area (TPSA) is 38.2 Å². The monoisotopic (exact) mass is 301 g/mol. The van der Waals surface area contributed by atoms with E-state index in [1.807, 2.05) is 0 Å². The molecule has 8 heteroatoms. The van der Waals surface area contributed by atoms with Gasteiger partial charge in [-0.25, -0.2) is 14.4 Å². The lowest BCUT2D eigenvalue weighted by Gasteiger charge is -2.29. The number of hydrogen-bond acceptors (Lipinski definition) is 4. The predicted molar refractivity (Wildman–Crippen MR) is 67.5 cm³/mol. The fraction of sp³-hybridized carbons (Fsp3) is 0.385. The van der Waals surface area contributed by atoms with E-state index in [9.17, 15) is 17.6 Å². The molecule has 4 nitrogen and oxygen atoms in total. The molecule has 0 spiro atoms. The van der Waals surface area contributed by atoms with E-state index in [-0.39, 0.29) is 16.7 Å². The van der Waals surface area contributed by atoms with Crippen LogP contribution in [0.25, 0.3) is 10.9 Å². The first-order valence-corrected chi connectivity index (χ1v) is 6.32. The average Bonchev–Trinajstić information content (AvgIpc) is 2.46. The van der Waals surface area contributed by atoms with Crippen molar-refractivity contribution in [2.24, 2.45) is 0 Å². The van der Waals surface area contributed by atoms with Crippen LogP contribution in [0.3, 0.4) is 0 Å². The molecule has 0 saturated carbocycles. The Balaban J connectivity index is 2.20. The van der Waals surface area contributed by atoms with Crippen molar-refractivity contribution in [3.63, 3.8) is 0 Å². The van der Waals surface area contributed by atoms with E-state index in [2.05, 4.69) is 9.97 Å². The van der Waals surface area contributed by atoms with Crippen molar-refractivity contribution in [1.82, 2.24) is 9.97 Å².